The largest absolute Gasteiger partial charge is 0.379 e. The van der Waals surface area contributed by atoms with Gasteiger partial charge >= 0.3 is 0 Å². The molecule has 0 unspecified atom stereocenters. The zero-order valence-corrected chi connectivity index (χ0v) is 6.58. The van der Waals surface area contributed by atoms with Crippen LogP contribution in [0.2, 0.25) is 0 Å². The van der Waals surface area contributed by atoms with Crippen LogP contribution >= 0.6 is 0 Å². The minimum atomic E-state index is 0.230. The Hall–Kier alpha value is -0.890. The summed E-state index contributed by atoms with van der Waals surface area (Å²) in [5.41, 5.74) is 1.51. The second kappa shape index (κ2) is 2.31. The topological polar surface area (TPSA) is 22.1 Å². The quantitative estimate of drug-likeness (QED) is 0.601. The lowest BCUT2D eigenvalue weighted by Gasteiger charge is -2.38. The Bertz CT molecular complexity index is 241. The fraction of sp³-hybridized carbons (Fsp3) is 0.444. The highest BCUT2D eigenvalue weighted by molar-refractivity contribution is 5.23. The zero-order chi connectivity index (χ0) is 7.73. The van der Waals surface area contributed by atoms with Crippen LogP contribution in [0.3, 0.4) is 0 Å². The molecule has 2 heteroatoms. The van der Waals surface area contributed by atoms with Gasteiger partial charge in [-0.05, 0) is 11.6 Å². The third-order valence-corrected chi connectivity index (χ3v) is 2.20. The van der Waals surface area contributed by atoms with Gasteiger partial charge in [-0.3, -0.25) is 4.98 Å². The minimum absolute atomic E-state index is 0.230. The smallest absolute Gasteiger partial charge is 0.0583 e. The molecule has 58 valence electrons. The summed E-state index contributed by atoms with van der Waals surface area (Å²) in [6.07, 6.45) is 3.72. The lowest BCUT2D eigenvalue weighted by atomic mass is 9.82. The predicted octanol–water partition coefficient (Wildman–Crippen LogP) is 1.37. The highest BCUT2D eigenvalue weighted by Gasteiger charge is 2.35. The maximum Gasteiger partial charge on any atom is 0.0583 e. The van der Waals surface area contributed by atoms with Crippen molar-refractivity contribution in [2.75, 3.05) is 13.2 Å². The van der Waals surface area contributed by atoms with Crippen molar-refractivity contribution in [2.45, 2.75) is 12.3 Å². The van der Waals surface area contributed by atoms with Gasteiger partial charge < -0.3 is 4.74 Å². The van der Waals surface area contributed by atoms with Gasteiger partial charge in [-0.2, -0.15) is 0 Å². The average Bonchev–Trinajstić information content (AvgIpc) is 2.02. The van der Waals surface area contributed by atoms with E-state index in [4.69, 9.17) is 4.74 Å². The van der Waals surface area contributed by atoms with Gasteiger partial charge in [0.2, 0.25) is 0 Å². The molecule has 0 amide bonds. The molecule has 0 radical (unpaired) electrons. The summed E-state index contributed by atoms with van der Waals surface area (Å²) in [5.74, 6) is 0. The molecule has 0 bridgehead atoms. The number of hydrogen-bond donors (Lipinski definition) is 0. The molecule has 1 fully saturated rings. The van der Waals surface area contributed by atoms with E-state index < -0.39 is 0 Å². The fourth-order valence-corrected chi connectivity index (χ4v) is 1.29. The Kier molecular flexibility index (Phi) is 1.43. The third-order valence-electron chi connectivity index (χ3n) is 2.20. The van der Waals surface area contributed by atoms with Gasteiger partial charge in [0.25, 0.3) is 0 Å². The van der Waals surface area contributed by atoms with Crippen LogP contribution in [0.5, 0.6) is 0 Å². The highest BCUT2D eigenvalue weighted by Crippen LogP contribution is 2.30. The molecule has 0 aliphatic carbocycles. The molecular formula is C9H11NO. The van der Waals surface area contributed by atoms with Crippen molar-refractivity contribution in [3.63, 3.8) is 0 Å². The van der Waals surface area contributed by atoms with Crippen LogP contribution in [0.1, 0.15) is 12.5 Å². The van der Waals surface area contributed by atoms with E-state index in [0.29, 0.717) is 0 Å². The van der Waals surface area contributed by atoms with Crippen LogP contribution < -0.4 is 0 Å². The van der Waals surface area contributed by atoms with Crippen LogP contribution in [-0.2, 0) is 10.2 Å². The molecule has 11 heavy (non-hydrogen) atoms. The third kappa shape index (κ3) is 1.03. The predicted molar refractivity (Wildman–Crippen MR) is 42.4 cm³/mol. The van der Waals surface area contributed by atoms with E-state index in [2.05, 4.69) is 18.0 Å². The summed E-state index contributed by atoms with van der Waals surface area (Å²) in [4.78, 5) is 4.08. The monoisotopic (exact) mass is 149 g/mol. The van der Waals surface area contributed by atoms with Gasteiger partial charge in [0, 0.05) is 17.8 Å². The summed E-state index contributed by atoms with van der Waals surface area (Å²) in [6.45, 7) is 3.87. The van der Waals surface area contributed by atoms with E-state index in [1.54, 1.807) is 6.20 Å². The number of hydrogen-bond acceptors (Lipinski definition) is 2. The van der Waals surface area contributed by atoms with Gasteiger partial charge in [0.15, 0.2) is 0 Å². The lowest BCUT2D eigenvalue weighted by Crippen LogP contribution is -2.43. The van der Waals surface area contributed by atoms with E-state index >= 15 is 0 Å². The number of ether oxygens (including phenoxy) is 1. The Morgan fingerprint density at radius 2 is 2.36 bits per heavy atom. The van der Waals surface area contributed by atoms with Crippen molar-refractivity contribution in [1.82, 2.24) is 4.98 Å². The lowest BCUT2D eigenvalue weighted by molar-refractivity contribution is -0.0501. The van der Waals surface area contributed by atoms with Crippen LogP contribution in [0.4, 0.5) is 0 Å². The molecule has 0 N–H and O–H groups in total. The van der Waals surface area contributed by atoms with Crippen molar-refractivity contribution >= 4 is 0 Å². The molecule has 2 heterocycles. The first-order valence-electron chi connectivity index (χ1n) is 3.79. The van der Waals surface area contributed by atoms with Gasteiger partial charge in [-0.1, -0.05) is 13.0 Å². The first kappa shape index (κ1) is 6.80. The number of pyridine rings is 1. The number of rotatable bonds is 1. The SMILES string of the molecule is CC1(c2cccnc2)COC1. The van der Waals surface area contributed by atoms with Crippen LogP contribution in [0.15, 0.2) is 24.5 Å². The van der Waals surface area contributed by atoms with Crippen LogP contribution in [-0.4, -0.2) is 18.2 Å². The van der Waals surface area contributed by atoms with Crippen molar-refractivity contribution in [2.24, 2.45) is 0 Å². The maximum atomic E-state index is 5.16. The van der Waals surface area contributed by atoms with E-state index in [-0.39, 0.29) is 5.41 Å². The van der Waals surface area contributed by atoms with E-state index in [1.165, 1.54) is 5.56 Å². The summed E-state index contributed by atoms with van der Waals surface area (Å²) >= 11 is 0. The molecule has 0 atom stereocenters. The van der Waals surface area contributed by atoms with E-state index in [9.17, 15) is 0 Å². The van der Waals surface area contributed by atoms with Crippen molar-refractivity contribution in [3.05, 3.63) is 30.1 Å². The van der Waals surface area contributed by atoms with Crippen molar-refractivity contribution < 1.29 is 4.74 Å². The number of nitrogens with zero attached hydrogens (tertiary/aromatic N) is 1. The summed E-state index contributed by atoms with van der Waals surface area (Å²) in [6, 6.07) is 4.08. The van der Waals surface area contributed by atoms with Crippen molar-refractivity contribution in [1.29, 1.82) is 0 Å². The van der Waals surface area contributed by atoms with Crippen LogP contribution in [0.25, 0.3) is 0 Å². The van der Waals surface area contributed by atoms with Crippen LogP contribution in [0, 0.1) is 0 Å². The Balaban J connectivity index is 2.29. The molecule has 1 aliphatic heterocycles. The Morgan fingerprint density at radius 3 is 2.82 bits per heavy atom. The highest BCUT2D eigenvalue weighted by atomic mass is 16.5. The summed E-state index contributed by atoms with van der Waals surface area (Å²) < 4.78 is 5.16. The first-order chi connectivity index (χ1) is 5.31. The molecule has 1 saturated heterocycles. The van der Waals surface area contributed by atoms with Crippen molar-refractivity contribution in [3.8, 4) is 0 Å². The standard InChI is InChI=1S/C9H11NO/c1-9(6-11-7-9)8-3-2-4-10-5-8/h2-5H,6-7H2,1H3. The Morgan fingerprint density at radius 1 is 1.55 bits per heavy atom. The van der Waals surface area contributed by atoms with E-state index in [1.807, 2.05) is 12.3 Å². The molecule has 2 nitrogen and oxygen atoms in total. The molecule has 1 aromatic heterocycles. The average molecular weight is 149 g/mol. The Labute approximate surface area is 66.2 Å². The molecule has 0 spiro atoms. The van der Waals surface area contributed by atoms with E-state index in [0.717, 1.165) is 13.2 Å². The number of aromatic nitrogens is 1. The zero-order valence-electron chi connectivity index (χ0n) is 6.58. The summed E-state index contributed by atoms with van der Waals surface area (Å²) in [5, 5.41) is 0. The molecule has 1 aromatic rings. The molecule has 2 rings (SSSR count). The van der Waals surface area contributed by atoms with Gasteiger partial charge in [-0.15, -0.1) is 0 Å². The van der Waals surface area contributed by atoms with Gasteiger partial charge in [0.1, 0.15) is 0 Å². The summed E-state index contributed by atoms with van der Waals surface area (Å²) in [7, 11) is 0. The normalized spacial score (nSPS) is 20.8. The fourth-order valence-electron chi connectivity index (χ4n) is 1.29. The van der Waals surface area contributed by atoms with Gasteiger partial charge in [-0.25, -0.2) is 0 Å². The minimum Gasteiger partial charge on any atom is -0.379 e. The molecular weight excluding hydrogens is 138 g/mol. The first-order valence-corrected chi connectivity index (χ1v) is 3.79. The second-order valence-electron chi connectivity index (χ2n) is 3.30. The maximum absolute atomic E-state index is 5.16. The molecule has 1 aliphatic rings. The second-order valence-corrected chi connectivity index (χ2v) is 3.30. The molecule has 0 saturated carbocycles. The van der Waals surface area contributed by atoms with Gasteiger partial charge in [0.05, 0.1) is 13.2 Å². The molecule has 0 aromatic carbocycles.